The van der Waals surface area contributed by atoms with E-state index in [4.69, 9.17) is 9.15 Å². The number of hydrogen-bond donors (Lipinski definition) is 1. The molecule has 0 fully saturated rings. The molecular formula is C12H15NO2. The minimum absolute atomic E-state index is 0.842. The fraction of sp³-hybridized carbons (Fsp3) is 0.333. The van der Waals surface area contributed by atoms with Crippen LogP contribution in [0.5, 0.6) is 5.75 Å². The Balaban J connectivity index is 2.44. The van der Waals surface area contributed by atoms with Crippen molar-refractivity contribution in [3.05, 3.63) is 30.0 Å². The number of fused-ring (bicyclic) bond motifs is 1. The van der Waals surface area contributed by atoms with Gasteiger partial charge in [0.05, 0.1) is 12.5 Å². The fourth-order valence-corrected chi connectivity index (χ4v) is 1.70. The van der Waals surface area contributed by atoms with E-state index in [1.807, 2.05) is 31.3 Å². The van der Waals surface area contributed by atoms with Crippen LogP contribution in [0.1, 0.15) is 5.76 Å². The quantitative estimate of drug-likeness (QED) is 0.831. The first-order chi connectivity index (χ1) is 7.36. The molecule has 0 saturated heterocycles. The maximum absolute atomic E-state index is 5.73. The summed E-state index contributed by atoms with van der Waals surface area (Å²) in [5, 5.41) is 4.14. The van der Waals surface area contributed by atoms with Gasteiger partial charge in [0, 0.05) is 13.0 Å². The van der Waals surface area contributed by atoms with E-state index in [9.17, 15) is 0 Å². The minimum Gasteiger partial charge on any atom is -0.492 e. The summed E-state index contributed by atoms with van der Waals surface area (Å²) in [7, 11) is 3.61. The summed E-state index contributed by atoms with van der Waals surface area (Å²) in [6.07, 6.45) is 0.842. The second kappa shape index (κ2) is 4.36. The van der Waals surface area contributed by atoms with Crippen LogP contribution in [0.15, 0.2) is 28.7 Å². The Morgan fingerprint density at radius 3 is 2.87 bits per heavy atom. The Kier molecular flexibility index (Phi) is 2.92. The van der Waals surface area contributed by atoms with Gasteiger partial charge in [-0.25, -0.2) is 0 Å². The molecule has 3 heteroatoms. The maximum atomic E-state index is 5.73. The van der Waals surface area contributed by atoms with Crippen LogP contribution in [0.2, 0.25) is 0 Å². The van der Waals surface area contributed by atoms with E-state index in [0.717, 1.165) is 35.4 Å². The van der Waals surface area contributed by atoms with Crippen LogP contribution in [0.25, 0.3) is 11.0 Å². The number of methoxy groups -OCH3 is 1. The maximum Gasteiger partial charge on any atom is 0.168 e. The van der Waals surface area contributed by atoms with Gasteiger partial charge in [0.2, 0.25) is 0 Å². The molecule has 3 nitrogen and oxygen atoms in total. The molecule has 2 aromatic rings. The summed E-state index contributed by atoms with van der Waals surface area (Å²) >= 11 is 0. The second-order valence-corrected chi connectivity index (χ2v) is 3.41. The normalized spacial score (nSPS) is 10.8. The molecule has 0 bridgehead atoms. The van der Waals surface area contributed by atoms with Crippen molar-refractivity contribution in [2.75, 3.05) is 20.7 Å². The summed E-state index contributed by atoms with van der Waals surface area (Å²) < 4.78 is 11.1. The first kappa shape index (κ1) is 10.1. The zero-order valence-electron chi connectivity index (χ0n) is 9.04. The first-order valence-corrected chi connectivity index (χ1v) is 5.06. The highest BCUT2D eigenvalue weighted by Gasteiger charge is 2.13. The van der Waals surface area contributed by atoms with E-state index in [1.54, 1.807) is 7.11 Å². The molecule has 0 unspecified atom stereocenters. The summed E-state index contributed by atoms with van der Waals surface area (Å²) in [6.45, 7) is 0.885. The predicted octanol–water partition coefficient (Wildman–Crippen LogP) is 2.20. The Bertz CT molecular complexity index is 448. The Morgan fingerprint density at radius 2 is 2.13 bits per heavy atom. The van der Waals surface area contributed by atoms with Gasteiger partial charge in [0.15, 0.2) is 5.75 Å². The van der Waals surface area contributed by atoms with Crippen molar-refractivity contribution in [2.24, 2.45) is 0 Å². The number of ether oxygens (including phenoxy) is 1. The number of likely N-dealkylation sites (N-methyl/N-ethyl adjacent to an activating group) is 1. The summed E-state index contributed by atoms with van der Waals surface area (Å²) in [6, 6.07) is 7.93. The van der Waals surface area contributed by atoms with E-state index in [-0.39, 0.29) is 0 Å². The van der Waals surface area contributed by atoms with Crippen LogP contribution in [-0.4, -0.2) is 20.7 Å². The minimum atomic E-state index is 0.842. The Hall–Kier alpha value is -1.48. The largest absolute Gasteiger partial charge is 0.492 e. The summed E-state index contributed by atoms with van der Waals surface area (Å²) in [4.78, 5) is 0. The number of nitrogens with one attached hydrogen (secondary N) is 1. The SMILES string of the molecule is CNCCc1oc2ccccc2c1OC. The lowest BCUT2D eigenvalue weighted by atomic mass is 10.2. The van der Waals surface area contributed by atoms with Crippen molar-refractivity contribution in [2.45, 2.75) is 6.42 Å². The predicted molar refractivity (Wildman–Crippen MR) is 60.4 cm³/mol. The third-order valence-electron chi connectivity index (χ3n) is 2.42. The molecule has 2 rings (SSSR count). The van der Waals surface area contributed by atoms with Gasteiger partial charge in [0.1, 0.15) is 11.3 Å². The van der Waals surface area contributed by atoms with Crippen molar-refractivity contribution in [1.82, 2.24) is 5.32 Å². The van der Waals surface area contributed by atoms with Gasteiger partial charge in [-0.2, -0.15) is 0 Å². The van der Waals surface area contributed by atoms with Gasteiger partial charge >= 0.3 is 0 Å². The number of hydrogen-bond acceptors (Lipinski definition) is 3. The molecule has 1 N–H and O–H groups in total. The lowest BCUT2D eigenvalue weighted by molar-refractivity contribution is 0.395. The first-order valence-electron chi connectivity index (χ1n) is 5.06. The van der Waals surface area contributed by atoms with E-state index < -0.39 is 0 Å². The standard InChI is InChI=1S/C12H15NO2/c1-13-8-7-11-12(14-2)9-5-3-4-6-10(9)15-11/h3-6,13H,7-8H2,1-2H3. The van der Waals surface area contributed by atoms with Gasteiger partial charge in [-0.1, -0.05) is 12.1 Å². The molecular weight excluding hydrogens is 190 g/mol. The molecule has 0 amide bonds. The van der Waals surface area contributed by atoms with Crippen LogP contribution < -0.4 is 10.1 Å². The number of benzene rings is 1. The highest BCUT2D eigenvalue weighted by Crippen LogP contribution is 2.32. The van der Waals surface area contributed by atoms with Crippen LogP contribution in [0.3, 0.4) is 0 Å². The molecule has 0 aliphatic heterocycles. The highest BCUT2D eigenvalue weighted by molar-refractivity contribution is 5.85. The fourth-order valence-electron chi connectivity index (χ4n) is 1.70. The molecule has 1 aromatic carbocycles. The average molecular weight is 205 g/mol. The molecule has 15 heavy (non-hydrogen) atoms. The second-order valence-electron chi connectivity index (χ2n) is 3.41. The van der Waals surface area contributed by atoms with Gasteiger partial charge < -0.3 is 14.5 Å². The smallest absolute Gasteiger partial charge is 0.168 e. The number of rotatable bonds is 4. The van der Waals surface area contributed by atoms with Gasteiger partial charge in [-0.05, 0) is 19.2 Å². The topological polar surface area (TPSA) is 34.4 Å². The monoisotopic (exact) mass is 205 g/mol. The third-order valence-corrected chi connectivity index (χ3v) is 2.42. The lowest BCUT2D eigenvalue weighted by Crippen LogP contribution is -2.10. The van der Waals surface area contributed by atoms with Crippen LogP contribution in [-0.2, 0) is 6.42 Å². The van der Waals surface area contributed by atoms with E-state index in [2.05, 4.69) is 5.32 Å². The van der Waals surface area contributed by atoms with Crippen molar-refractivity contribution in [3.63, 3.8) is 0 Å². The van der Waals surface area contributed by atoms with Crippen molar-refractivity contribution >= 4 is 11.0 Å². The van der Waals surface area contributed by atoms with Crippen LogP contribution in [0.4, 0.5) is 0 Å². The Morgan fingerprint density at radius 1 is 1.33 bits per heavy atom. The highest BCUT2D eigenvalue weighted by atomic mass is 16.5. The molecule has 80 valence electrons. The molecule has 0 aliphatic rings. The number of furan rings is 1. The van der Waals surface area contributed by atoms with E-state index in [1.165, 1.54) is 0 Å². The molecule has 1 heterocycles. The molecule has 0 aliphatic carbocycles. The average Bonchev–Trinajstić information content (AvgIpc) is 2.63. The van der Waals surface area contributed by atoms with Crippen LogP contribution >= 0.6 is 0 Å². The van der Waals surface area contributed by atoms with Crippen molar-refractivity contribution < 1.29 is 9.15 Å². The molecule has 0 radical (unpaired) electrons. The summed E-state index contributed by atoms with van der Waals surface area (Å²) in [5.74, 6) is 1.77. The van der Waals surface area contributed by atoms with Gasteiger partial charge in [-0.3, -0.25) is 0 Å². The van der Waals surface area contributed by atoms with Crippen molar-refractivity contribution in [3.8, 4) is 5.75 Å². The Labute approximate surface area is 89.0 Å². The zero-order valence-corrected chi connectivity index (χ0v) is 9.04. The van der Waals surface area contributed by atoms with E-state index in [0.29, 0.717) is 0 Å². The summed E-state index contributed by atoms with van der Waals surface area (Å²) in [5.41, 5.74) is 0.889. The lowest BCUT2D eigenvalue weighted by Gasteiger charge is -2.00. The zero-order chi connectivity index (χ0) is 10.7. The van der Waals surface area contributed by atoms with Crippen LogP contribution in [0, 0.1) is 0 Å². The molecule has 1 aromatic heterocycles. The van der Waals surface area contributed by atoms with Gasteiger partial charge in [0.25, 0.3) is 0 Å². The van der Waals surface area contributed by atoms with E-state index >= 15 is 0 Å². The van der Waals surface area contributed by atoms with Crippen molar-refractivity contribution in [1.29, 1.82) is 0 Å². The third kappa shape index (κ3) is 1.83. The number of para-hydroxylation sites is 1. The molecule has 0 atom stereocenters. The van der Waals surface area contributed by atoms with Gasteiger partial charge in [-0.15, -0.1) is 0 Å². The molecule has 0 spiro atoms. The molecule has 0 saturated carbocycles.